The Kier molecular flexibility index (Phi) is 5.72. The molecule has 1 heterocycles. The van der Waals surface area contributed by atoms with Crippen LogP contribution in [0.1, 0.15) is 11.4 Å². The summed E-state index contributed by atoms with van der Waals surface area (Å²) in [5.74, 6) is 1.55. The predicted octanol–water partition coefficient (Wildman–Crippen LogP) is 1.42. The number of aryl methyl sites for hydroxylation is 2. The Morgan fingerprint density at radius 1 is 1.48 bits per heavy atom. The molecule has 0 fully saturated rings. The number of hydrogen-bond acceptors (Lipinski definition) is 5. The van der Waals surface area contributed by atoms with Gasteiger partial charge in [-0.05, 0) is 40.5 Å². The number of nitrogens with zero attached hydrogens (tertiary/aromatic N) is 3. The van der Waals surface area contributed by atoms with Crippen LogP contribution in [0.3, 0.4) is 0 Å². The molecule has 2 rings (SSSR count). The van der Waals surface area contributed by atoms with Gasteiger partial charge in [0.25, 0.3) is 0 Å². The lowest BCUT2D eigenvalue weighted by Crippen LogP contribution is -2.31. The van der Waals surface area contributed by atoms with E-state index in [4.69, 9.17) is 4.74 Å². The van der Waals surface area contributed by atoms with Crippen LogP contribution < -0.4 is 10.1 Å². The van der Waals surface area contributed by atoms with Crippen molar-refractivity contribution >= 4 is 15.9 Å². The molecule has 6 nitrogen and oxygen atoms in total. The van der Waals surface area contributed by atoms with Crippen molar-refractivity contribution in [2.75, 3.05) is 13.2 Å². The van der Waals surface area contributed by atoms with Crippen LogP contribution in [0.5, 0.6) is 5.75 Å². The molecular formula is C14H19BrN4O2. The van der Waals surface area contributed by atoms with Gasteiger partial charge in [0.1, 0.15) is 30.6 Å². The van der Waals surface area contributed by atoms with E-state index in [2.05, 4.69) is 31.4 Å². The molecule has 7 heteroatoms. The van der Waals surface area contributed by atoms with Crippen molar-refractivity contribution in [3.05, 3.63) is 40.4 Å². The molecule has 0 aliphatic rings. The predicted molar refractivity (Wildman–Crippen MR) is 83.1 cm³/mol. The van der Waals surface area contributed by atoms with Crippen LogP contribution in [0, 0.1) is 6.92 Å². The Morgan fingerprint density at radius 3 is 2.95 bits per heavy atom. The highest BCUT2D eigenvalue weighted by Gasteiger charge is 2.08. The van der Waals surface area contributed by atoms with Crippen LogP contribution in [0.4, 0.5) is 0 Å². The Bertz CT molecular complexity index is 588. The Hall–Kier alpha value is -1.44. The second kappa shape index (κ2) is 7.53. The lowest BCUT2D eigenvalue weighted by molar-refractivity contribution is 0.105. The van der Waals surface area contributed by atoms with E-state index in [9.17, 15) is 5.11 Å². The molecule has 21 heavy (non-hydrogen) atoms. The van der Waals surface area contributed by atoms with Crippen molar-refractivity contribution in [2.45, 2.75) is 19.6 Å². The highest BCUT2D eigenvalue weighted by atomic mass is 79.9. The largest absolute Gasteiger partial charge is 0.490 e. The highest BCUT2D eigenvalue weighted by Crippen LogP contribution is 2.25. The first kappa shape index (κ1) is 15.9. The average molecular weight is 355 g/mol. The first-order valence-corrected chi connectivity index (χ1v) is 7.46. The third kappa shape index (κ3) is 4.80. The zero-order valence-electron chi connectivity index (χ0n) is 12.1. The molecule has 1 aromatic carbocycles. The van der Waals surface area contributed by atoms with Gasteiger partial charge in [0.2, 0.25) is 0 Å². The number of aliphatic hydroxyl groups excluding tert-OH is 1. The fraction of sp³-hybridized carbons (Fsp3) is 0.429. The second-order valence-corrected chi connectivity index (χ2v) is 5.74. The minimum atomic E-state index is -0.591. The summed E-state index contributed by atoms with van der Waals surface area (Å²) in [4.78, 5) is 0. The maximum absolute atomic E-state index is 9.91. The molecule has 2 aromatic rings. The van der Waals surface area contributed by atoms with Crippen molar-refractivity contribution in [2.24, 2.45) is 7.05 Å². The molecule has 0 aliphatic carbocycles. The topological polar surface area (TPSA) is 72.2 Å². The average Bonchev–Trinajstić information content (AvgIpc) is 2.83. The van der Waals surface area contributed by atoms with Gasteiger partial charge in [0, 0.05) is 13.6 Å². The van der Waals surface area contributed by atoms with Gasteiger partial charge in [-0.25, -0.2) is 0 Å². The summed E-state index contributed by atoms with van der Waals surface area (Å²) in [7, 11) is 1.88. The fourth-order valence-corrected chi connectivity index (χ4v) is 2.39. The number of benzene rings is 1. The van der Waals surface area contributed by atoms with Gasteiger partial charge in [0.15, 0.2) is 0 Å². The van der Waals surface area contributed by atoms with E-state index >= 15 is 0 Å². The molecule has 0 aliphatic heterocycles. The Labute approximate surface area is 132 Å². The number of hydrogen-bond donors (Lipinski definition) is 2. The van der Waals surface area contributed by atoms with E-state index in [1.54, 1.807) is 6.33 Å². The van der Waals surface area contributed by atoms with Gasteiger partial charge >= 0.3 is 0 Å². The van der Waals surface area contributed by atoms with Gasteiger partial charge in [-0.1, -0.05) is 6.07 Å². The molecule has 1 atom stereocenters. The smallest absolute Gasteiger partial charge is 0.146 e. The van der Waals surface area contributed by atoms with Crippen LogP contribution in [-0.2, 0) is 13.6 Å². The molecule has 0 saturated carbocycles. The first-order chi connectivity index (χ1) is 10.1. The van der Waals surface area contributed by atoms with Crippen molar-refractivity contribution in [1.82, 2.24) is 20.1 Å². The summed E-state index contributed by atoms with van der Waals surface area (Å²) in [6.45, 7) is 3.23. The number of halogens is 1. The Balaban J connectivity index is 1.72. The first-order valence-electron chi connectivity index (χ1n) is 6.67. The third-order valence-corrected chi connectivity index (χ3v) is 3.61. The normalized spacial score (nSPS) is 12.4. The zero-order valence-corrected chi connectivity index (χ0v) is 13.7. The number of aliphatic hydroxyl groups is 1. The van der Waals surface area contributed by atoms with Gasteiger partial charge in [-0.15, -0.1) is 10.2 Å². The lowest BCUT2D eigenvalue weighted by Gasteiger charge is -2.14. The minimum absolute atomic E-state index is 0.230. The summed E-state index contributed by atoms with van der Waals surface area (Å²) >= 11 is 3.44. The van der Waals surface area contributed by atoms with Gasteiger partial charge < -0.3 is 19.7 Å². The quantitative estimate of drug-likeness (QED) is 0.786. The molecular weight excluding hydrogens is 336 g/mol. The molecule has 1 unspecified atom stereocenters. The van der Waals surface area contributed by atoms with Crippen LogP contribution in [0.15, 0.2) is 29.0 Å². The van der Waals surface area contributed by atoms with Crippen molar-refractivity contribution in [3.8, 4) is 5.75 Å². The van der Waals surface area contributed by atoms with E-state index in [1.165, 1.54) is 0 Å². The van der Waals surface area contributed by atoms with Gasteiger partial charge in [-0.2, -0.15) is 0 Å². The van der Waals surface area contributed by atoms with Crippen LogP contribution in [0.25, 0.3) is 0 Å². The molecule has 1 aromatic heterocycles. The SMILES string of the molecule is Cc1ccc(OCC(O)CNCc2nncn2C)c(Br)c1. The summed E-state index contributed by atoms with van der Waals surface area (Å²) in [6, 6.07) is 5.84. The third-order valence-electron chi connectivity index (χ3n) is 2.99. The summed E-state index contributed by atoms with van der Waals surface area (Å²) in [5, 5.41) is 20.8. The molecule has 0 saturated heterocycles. The van der Waals surface area contributed by atoms with E-state index in [0.29, 0.717) is 13.1 Å². The summed E-state index contributed by atoms with van der Waals surface area (Å²) < 4.78 is 8.32. The van der Waals surface area contributed by atoms with E-state index in [1.807, 2.05) is 36.7 Å². The standard InChI is InChI=1S/C14H19BrN4O2/c1-10-3-4-13(12(15)5-10)21-8-11(20)6-16-7-14-18-17-9-19(14)2/h3-5,9,11,16,20H,6-8H2,1-2H3. The number of nitrogens with one attached hydrogen (secondary N) is 1. The molecule has 2 N–H and O–H groups in total. The lowest BCUT2D eigenvalue weighted by atomic mass is 10.2. The zero-order chi connectivity index (χ0) is 15.2. The van der Waals surface area contributed by atoms with Crippen LogP contribution in [0.2, 0.25) is 0 Å². The van der Waals surface area contributed by atoms with Crippen LogP contribution in [-0.4, -0.2) is 39.1 Å². The maximum Gasteiger partial charge on any atom is 0.146 e. The molecule has 0 amide bonds. The van der Waals surface area contributed by atoms with Crippen LogP contribution >= 0.6 is 15.9 Å². The maximum atomic E-state index is 9.91. The van der Waals surface area contributed by atoms with Gasteiger partial charge in [-0.3, -0.25) is 0 Å². The molecule has 0 radical (unpaired) electrons. The highest BCUT2D eigenvalue weighted by molar-refractivity contribution is 9.10. The molecule has 114 valence electrons. The molecule has 0 spiro atoms. The van der Waals surface area contributed by atoms with Crippen molar-refractivity contribution < 1.29 is 9.84 Å². The van der Waals surface area contributed by atoms with Crippen molar-refractivity contribution in [1.29, 1.82) is 0 Å². The number of ether oxygens (including phenoxy) is 1. The van der Waals surface area contributed by atoms with E-state index < -0.39 is 6.10 Å². The molecule has 0 bridgehead atoms. The fourth-order valence-electron chi connectivity index (χ4n) is 1.79. The number of rotatable bonds is 7. The number of aromatic nitrogens is 3. The van der Waals surface area contributed by atoms with E-state index in [0.717, 1.165) is 21.6 Å². The minimum Gasteiger partial charge on any atom is -0.490 e. The van der Waals surface area contributed by atoms with E-state index in [-0.39, 0.29) is 6.61 Å². The Morgan fingerprint density at radius 2 is 2.29 bits per heavy atom. The second-order valence-electron chi connectivity index (χ2n) is 4.89. The monoisotopic (exact) mass is 354 g/mol. The summed E-state index contributed by atoms with van der Waals surface area (Å²) in [5.41, 5.74) is 1.15. The van der Waals surface area contributed by atoms with Crippen molar-refractivity contribution in [3.63, 3.8) is 0 Å². The van der Waals surface area contributed by atoms with Gasteiger partial charge in [0.05, 0.1) is 11.0 Å². The summed E-state index contributed by atoms with van der Waals surface area (Å²) in [6.07, 6.45) is 1.05.